The number of aliphatic hydroxyl groups excluding tert-OH is 1. The Kier molecular flexibility index (Phi) is 3.67. The maximum atomic E-state index is 12.3. The Balaban J connectivity index is 2.07. The Labute approximate surface area is 114 Å². The van der Waals surface area contributed by atoms with E-state index in [-0.39, 0.29) is 17.2 Å². The molecule has 2 atom stereocenters. The third kappa shape index (κ3) is 2.81. The molecular formula is C14H23N3O2. The van der Waals surface area contributed by atoms with Gasteiger partial charge in [-0.05, 0) is 17.8 Å². The lowest BCUT2D eigenvalue weighted by Gasteiger charge is -2.42. The smallest absolute Gasteiger partial charge is 0.289 e. The summed E-state index contributed by atoms with van der Waals surface area (Å²) in [7, 11) is 1.80. The van der Waals surface area contributed by atoms with Crippen molar-refractivity contribution in [2.75, 3.05) is 13.1 Å². The monoisotopic (exact) mass is 265 g/mol. The molecule has 19 heavy (non-hydrogen) atoms. The maximum Gasteiger partial charge on any atom is 0.289 e. The highest BCUT2D eigenvalue weighted by molar-refractivity contribution is 5.90. The molecule has 0 aromatic carbocycles. The van der Waals surface area contributed by atoms with E-state index in [4.69, 9.17) is 0 Å². The number of imidazole rings is 1. The number of hydrogen-bond donors (Lipinski definition) is 1. The number of nitrogens with zero attached hydrogens (tertiary/aromatic N) is 3. The zero-order valence-electron chi connectivity index (χ0n) is 12.1. The standard InChI is InChI=1S/C14H23N3O2/c1-14(2,3)10-5-7-17(9-11(10)18)13(19)12-15-6-8-16(12)4/h6,8,10-11,18H,5,7,9H2,1-4H3. The average Bonchev–Trinajstić information content (AvgIpc) is 2.72. The van der Waals surface area contributed by atoms with Gasteiger partial charge in [-0.15, -0.1) is 0 Å². The molecule has 0 spiro atoms. The van der Waals surface area contributed by atoms with Gasteiger partial charge in [-0.2, -0.15) is 0 Å². The molecule has 5 nitrogen and oxygen atoms in total. The first-order valence-electron chi connectivity index (χ1n) is 6.75. The first kappa shape index (κ1) is 14.1. The second-order valence-corrected chi connectivity index (χ2v) is 6.44. The van der Waals surface area contributed by atoms with Crippen LogP contribution in [0.1, 0.15) is 37.8 Å². The molecular weight excluding hydrogens is 242 g/mol. The number of aliphatic hydroxyl groups is 1. The molecule has 0 bridgehead atoms. The molecule has 0 aliphatic carbocycles. The molecule has 1 aliphatic heterocycles. The molecule has 106 valence electrons. The third-order valence-electron chi connectivity index (χ3n) is 3.99. The first-order valence-corrected chi connectivity index (χ1v) is 6.75. The van der Waals surface area contributed by atoms with Crippen molar-refractivity contribution in [3.8, 4) is 0 Å². The normalized spacial score (nSPS) is 24.6. The second-order valence-electron chi connectivity index (χ2n) is 6.44. The number of piperidine rings is 1. The highest BCUT2D eigenvalue weighted by Gasteiger charge is 2.37. The van der Waals surface area contributed by atoms with Gasteiger partial charge in [0.1, 0.15) is 0 Å². The summed E-state index contributed by atoms with van der Waals surface area (Å²) in [4.78, 5) is 18.1. The molecule has 2 unspecified atom stereocenters. The summed E-state index contributed by atoms with van der Waals surface area (Å²) in [6.45, 7) is 7.49. The van der Waals surface area contributed by atoms with Crippen LogP contribution in [0, 0.1) is 11.3 Å². The van der Waals surface area contributed by atoms with E-state index in [0.29, 0.717) is 18.9 Å². The number of aromatic nitrogens is 2. The van der Waals surface area contributed by atoms with Gasteiger partial charge < -0.3 is 14.6 Å². The molecule has 5 heteroatoms. The molecule has 1 aliphatic rings. The molecule has 1 amide bonds. The zero-order chi connectivity index (χ0) is 14.2. The van der Waals surface area contributed by atoms with Crippen molar-refractivity contribution in [2.24, 2.45) is 18.4 Å². The van der Waals surface area contributed by atoms with Gasteiger partial charge in [0.25, 0.3) is 5.91 Å². The van der Waals surface area contributed by atoms with Crippen LogP contribution in [-0.2, 0) is 7.05 Å². The van der Waals surface area contributed by atoms with Gasteiger partial charge in [0, 0.05) is 32.5 Å². The minimum Gasteiger partial charge on any atom is -0.391 e. The Hall–Kier alpha value is -1.36. The van der Waals surface area contributed by atoms with Crippen molar-refractivity contribution in [1.82, 2.24) is 14.5 Å². The number of amides is 1. The van der Waals surface area contributed by atoms with Crippen LogP contribution in [0.4, 0.5) is 0 Å². The highest BCUT2D eigenvalue weighted by atomic mass is 16.3. The van der Waals surface area contributed by atoms with Gasteiger partial charge in [-0.3, -0.25) is 4.79 Å². The number of rotatable bonds is 1. The van der Waals surface area contributed by atoms with Crippen molar-refractivity contribution in [3.63, 3.8) is 0 Å². The van der Waals surface area contributed by atoms with Crippen LogP contribution in [0.5, 0.6) is 0 Å². The van der Waals surface area contributed by atoms with Crippen molar-refractivity contribution in [1.29, 1.82) is 0 Å². The number of aryl methyl sites for hydroxylation is 1. The van der Waals surface area contributed by atoms with Crippen molar-refractivity contribution < 1.29 is 9.90 Å². The molecule has 1 aromatic heterocycles. The predicted octanol–water partition coefficient (Wildman–Crippen LogP) is 1.29. The Morgan fingerprint density at radius 2 is 2.16 bits per heavy atom. The number of carbonyl (C=O) groups excluding carboxylic acids is 1. The lowest BCUT2D eigenvalue weighted by atomic mass is 9.73. The molecule has 1 aromatic rings. The van der Waals surface area contributed by atoms with Crippen LogP contribution in [-0.4, -0.2) is 44.7 Å². The van der Waals surface area contributed by atoms with Gasteiger partial charge in [0.05, 0.1) is 6.10 Å². The molecule has 1 fully saturated rings. The third-order valence-corrected chi connectivity index (χ3v) is 3.99. The summed E-state index contributed by atoms with van der Waals surface area (Å²) >= 11 is 0. The van der Waals surface area contributed by atoms with E-state index in [1.807, 2.05) is 0 Å². The summed E-state index contributed by atoms with van der Waals surface area (Å²) in [5.41, 5.74) is 0.0672. The lowest BCUT2D eigenvalue weighted by molar-refractivity contribution is -0.0192. The summed E-state index contributed by atoms with van der Waals surface area (Å²) in [6, 6.07) is 0. The molecule has 0 saturated carbocycles. The maximum absolute atomic E-state index is 12.3. The minimum atomic E-state index is -0.460. The molecule has 1 saturated heterocycles. The Bertz CT molecular complexity index is 462. The lowest BCUT2D eigenvalue weighted by Crippen LogP contribution is -2.50. The molecule has 2 heterocycles. The van der Waals surface area contributed by atoms with E-state index >= 15 is 0 Å². The predicted molar refractivity (Wildman–Crippen MR) is 72.7 cm³/mol. The number of hydrogen-bond acceptors (Lipinski definition) is 3. The Morgan fingerprint density at radius 1 is 1.47 bits per heavy atom. The fourth-order valence-electron chi connectivity index (χ4n) is 2.84. The van der Waals surface area contributed by atoms with Gasteiger partial charge >= 0.3 is 0 Å². The number of likely N-dealkylation sites (tertiary alicyclic amines) is 1. The summed E-state index contributed by atoms with van der Waals surface area (Å²) < 4.78 is 1.71. The SMILES string of the molecule is Cn1ccnc1C(=O)N1CCC(C(C)(C)C)C(O)C1. The highest BCUT2D eigenvalue weighted by Crippen LogP contribution is 2.34. The van der Waals surface area contributed by atoms with Crippen LogP contribution in [0.25, 0.3) is 0 Å². The van der Waals surface area contributed by atoms with Crippen LogP contribution in [0.2, 0.25) is 0 Å². The first-order chi connectivity index (χ1) is 8.80. The molecule has 1 N–H and O–H groups in total. The van der Waals surface area contributed by atoms with Crippen LogP contribution in [0.15, 0.2) is 12.4 Å². The van der Waals surface area contributed by atoms with Crippen LogP contribution in [0.3, 0.4) is 0 Å². The second kappa shape index (κ2) is 4.96. The minimum absolute atomic E-state index is 0.0672. The average molecular weight is 265 g/mol. The van der Waals surface area contributed by atoms with Gasteiger partial charge in [-0.1, -0.05) is 20.8 Å². The zero-order valence-corrected chi connectivity index (χ0v) is 12.1. The van der Waals surface area contributed by atoms with Crippen molar-refractivity contribution in [3.05, 3.63) is 18.2 Å². The quantitative estimate of drug-likeness (QED) is 0.832. The van der Waals surface area contributed by atoms with E-state index in [0.717, 1.165) is 6.42 Å². The van der Waals surface area contributed by atoms with Gasteiger partial charge in [0.2, 0.25) is 0 Å². The van der Waals surface area contributed by atoms with E-state index in [1.54, 1.807) is 28.9 Å². The van der Waals surface area contributed by atoms with Gasteiger partial charge in [0.15, 0.2) is 5.82 Å². The topological polar surface area (TPSA) is 58.4 Å². The fraction of sp³-hybridized carbons (Fsp3) is 0.714. The number of β-amino-alcohol motifs (C(OH)–C–C–N with tert-alkyl or cyclic N) is 1. The summed E-state index contributed by atoms with van der Waals surface area (Å²) in [5.74, 6) is 0.568. The van der Waals surface area contributed by atoms with E-state index in [2.05, 4.69) is 25.8 Å². The van der Waals surface area contributed by atoms with Gasteiger partial charge in [-0.25, -0.2) is 4.98 Å². The summed E-state index contributed by atoms with van der Waals surface area (Å²) in [6.07, 6.45) is 3.75. The largest absolute Gasteiger partial charge is 0.391 e. The van der Waals surface area contributed by atoms with E-state index in [9.17, 15) is 9.90 Å². The molecule has 2 rings (SSSR count). The van der Waals surface area contributed by atoms with E-state index < -0.39 is 6.10 Å². The fourth-order valence-corrected chi connectivity index (χ4v) is 2.84. The van der Waals surface area contributed by atoms with Crippen molar-refractivity contribution >= 4 is 5.91 Å². The number of carbonyl (C=O) groups is 1. The van der Waals surface area contributed by atoms with Crippen LogP contribution < -0.4 is 0 Å². The van der Waals surface area contributed by atoms with Crippen LogP contribution >= 0.6 is 0 Å². The summed E-state index contributed by atoms with van der Waals surface area (Å²) in [5, 5.41) is 10.3. The Morgan fingerprint density at radius 3 is 2.63 bits per heavy atom. The van der Waals surface area contributed by atoms with E-state index in [1.165, 1.54) is 0 Å². The molecule has 0 radical (unpaired) electrons. The van der Waals surface area contributed by atoms with Crippen molar-refractivity contribution in [2.45, 2.75) is 33.3 Å².